The minimum atomic E-state index is -0.0283. The fourth-order valence-electron chi connectivity index (χ4n) is 8.97. The van der Waals surface area contributed by atoms with Gasteiger partial charge >= 0.3 is 0 Å². The highest BCUT2D eigenvalue weighted by Gasteiger charge is 2.43. The molecule has 0 aliphatic carbocycles. The van der Waals surface area contributed by atoms with Crippen molar-refractivity contribution < 1.29 is 4.74 Å². The summed E-state index contributed by atoms with van der Waals surface area (Å²) in [6.07, 6.45) is 0. The highest BCUT2D eigenvalue weighted by Crippen LogP contribution is 2.46. The van der Waals surface area contributed by atoms with E-state index in [1.807, 2.05) is 0 Å². The van der Waals surface area contributed by atoms with Crippen molar-refractivity contribution in [2.45, 2.75) is 0 Å². The van der Waals surface area contributed by atoms with Gasteiger partial charge in [-0.15, -0.1) is 0 Å². The molecule has 281 valence electrons. The zero-order valence-electron chi connectivity index (χ0n) is 32.8. The molecule has 6 heteroatoms. The maximum Gasteiger partial charge on any atom is 0.256 e. The molecule has 2 aliphatic rings. The number of ether oxygens (including phenoxy) is 1. The van der Waals surface area contributed by atoms with Crippen LogP contribution >= 0.6 is 0 Å². The Hall–Kier alpha value is -7.69. The number of fused-ring (bicyclic) bond motifs is 4. The summed E-state index contributed by atoms with van der Waals surface area (Å²) in [6, 6.07) is 79.5. The number of hydrogen-bond donors (Lipinski definition) is 1. The Bertz CT molecular complexity index is 2920. The fourth-order valence-corrected chi connectivity index (χ4v) is 8.97. The zero-order valence-corrected chi connectivity index (χ0v) is 32.8. The van der Waals surface area contributed by atoms with Crippen molar-refractivity contribution in [1.82, 2.24) is 0 Å². The van der Waals surface area contributed by atoms with Gasteiger partial charge in [0.2, 0.25) is 0 Å². The van der Waals surface area contributed by atoms with Crippen LogP contribution in [-0.2, 0) is 0 Å². The fraction of sp³-hybridized carbons (Fsp3) is 0. The summed E-state index contributed by atoms with van der Waals surface area (Å²) in [5, 5.41) is 3.79. The van der Waals surface area contributed by atoms with Crippen molar-refractivity contribution in [2.75, 3.05) is 15.1 Å². The summed E-state index contributed by atoms with van der Waals surface area (Å²) < 4.78 is 7.00. The van der Waals surface area contributed by atoms with E-state index in [-0.39, 0.29) is 6.71 Å². The Labute approximate surface area is 352 Å². The molecule has 0 spiro atoms. The van der Waals surface area contributed by atoms with Crippen molar-refractivity contribution in [3.05, 3.63) is 224 Å². The number of anilines is 8. The predicted molar refractivity (Wildman–Crippen MR) is 254 cm³/mol. The molecule has 0 aromatic heterocycles. The summed E-state index contributed by atoms with van der Waals surface area (Å²) in [6.45, 7) is -0.0283. The van der Waals surface area contributed by atoms with Crippen LogP contribution < -0.4 is 47.2 Å². The van der Waals surface area contributed by atoms with E-state index in [0.29, 0.717) is 0 Å². The third-order valence-electron chi connectivity index (χ3n) is 11.5. The lowest BCUT2D eigenvalue weighted by atomic mass is 9.33. The molecular weight excluding hydrogens is 728 g/mol. The summed E-state index contributed by atoms with van der Waals surface area (Å²) in [7, 11) is 2.31. The van der Waals surface area contributed by atoms with Gasteiger partial charge in [-0.05, 0) is 101 Å². The van der Waals surface area contributed by atoms with Crippen molar-refractivity contribution in [3.8, 4) is 22.6 Å². The highest BCUT2D eigenvalue weighted by molar-refractivity contribution is 6.99. The Morgan fingerprint density at radius 2 is 1.07 bits per heavy atom. The number of nitrogens with one attached hydrogen (secondary N) is 1. The van der Waals surface area contributed by atoms with E-state index in [2.05, 4.69) is 247 Å². The first-order valence-corrected chi connectivity index (χ1v) is 20.5. The second kappa shape index (κ2) is 15.2. The number of benzene rings is 9. The molecule has 0 atom stereocenters. The van der Waals surface area contributed by atoms with Crippen molar-refractivity contribution in [3.63, 3.8) is 0 Å². The van der Waals surface area contributed by atoms with Crippen LogP contribution in [0, 0.1) is 0 Å². The van der Waals surface area contributed by atoms with Crippen LogP contribution in [0.15, 0.2) is 224 Å². The maximum absolute atomic E-state index is 7.00. The van der Waals surface area contributed by atoms with Crippen molar-refractivity contribution >= 4 is 86.8 Å². The van der Waals surface area contributed by atoms with Gasteiger partial charge in [-0.2, -0.15) is 0 Å². The van der Waals surface area contributed by atoms with Gasteiger partial charge in [-0.3, -0.25) is 0 Å². The van der Waals surface area contributed by atoms with Gasteiger partial charge in [-0.1, -0.05) is 150 Å². The first-order chi connectivity index (χ1) is 29.8. The first-order valence-electron chi connectivity index (χ1n) is 20.5. The Morgan fingerprint density at radius 1 is 0.500 bits per heavy atom. The molecule has 1 N–H and O–H groups in total. The van der Waals surface area contributed by atoms with Crippen LogP contribution in [0.25, 0.3) is 11.1 Å². The summed E-state index contributed by atoms with van der Waals surface area (Å²) >= 11 is 0. The maximum atomic E-state index is 7.00. The number of nitrogens with zero attached hydrogens (tertiary/aromatic N) is 2. The molecule has 2 aliphatic heterocycles. The van der Waals surface area contributed by atoms with Crippen molar-refractivity contribution in [2.24, 2.45) is 0 Å². The minimum Gasteiger partial charge on any atom is -0.458 e. The molecule has 0 unspecified atom stereocenters. The van der Waals surface area contributed by atoms with Gasteiger partial charge in [0, 0.05) is 50.9 Å². The molecule has 60 heavy (non-hydrogen) atoms. The van der Waals surface area contributed by atoms with Crippen LogP contribution in [-0.4, -0.2) is 14.0 Å². The van der Waals surface area contributed by atoms with E-state index in [1.54, 1.807) is 0 Å². The molecule has 4 nitrogen and oxygen atoms in total. The van der Waals surface area contributed by atoms with Crippen molar-refractivity contribution in [1.29, 1.82) is 0 Å². The van der Waals surface area contributed by atoms with Gasteiger partial charge in [0.25, 0.3) is 6.71 Å². The predicted octanol–water partition coefficient (Wildman–Crippen LogP) is 10.6. The molecule has 9 aromatic rings. The topological polar surface area (TPSA) is 27.7 Å². The number of para-hydroxylation sites is 7. The molecule has 1 radical (unpaired) electrons. The summed E-state index contributed by atoms with van der Waals surface area (Å²) in [5.41, 5.74) is 16.6. The molecule has 0 saturated carbocycles. The van der Waals surface area contributed by atoms with E-state index in [4.69, 9.17) is 4.74 Å². The molecule has 0 bridgehead atoms. The van der Waals surface area contributed by atoms with Crippen LogP contribution in [0.5, 0.6) is 11.5 Å². The van der Waals surface area contributed by atoms with Crippen LogP contribution in [0.4, 0.5) is 45.5 Å². The average Bonchev–Trinajstić information content (AvgIpc) is 3.31. The SMILES string of the molecule is [B](c1ccc(N(c2ccccc2)c2ccccc2)cc1)c1cc2c3c(c1-c1ccccc1Nc1ccccc1)N(c1ccccc1)c1ccccc1B3c1ccccc1O2. The highest BCUT2D eigenvalue weighted by atomic mass is 16.5. The van der Waals surface area contributed by atoms with E-state index < -0.39 is 0 Å². The Kier molecular flexibility index (Phi) is 9.01. The normalized spacial score (nSPS) is 12.1. The Morgan fingerprint density at radius 3 is 1.78 bits per heavy atom. The molecule has 0 fully saturated rings. The molecule has 0 saturated heterocycles. The van der Waals surface area contributed by atoms with E-state index in [1.165, 1.54) is 10.9 Å². The van der Waals surface area contributed by atoms with E-state index in [0.717, 1.165) is 84.5 Å². The van der Waals surface area contributed by atoms with E-state index >= 15 is 0 Å². The number of rotatable bonds is 9. The lowest BCUT2D eigenvalue weighted by Gasteiger charge is -2.42. The molecule has 2 heterocycles. The standard InChI is InChI=1S/C54H38B2N3O/c1-5-19-39(20-6-1)57-48-30-16-13-27-44(48)52-45(55-38-33-35-43(36-34-38)58(40-21-7-2-8-22-40)41-23-9-3-10-24-41)37-51-53-54(52)59(42-25-11-4-12-26-42)49-31-17-14-28-46(49)56(53)47-29-15-18-32-50(47)60-51/h1-37,57H. The molecule has 11 rings (SSSR count). The summed E-state index contributed by atoms with van der Waals surface area (Å²) in [5.74, 6) is 1.75. The van der Waals surface area contributed by atoms with Gasteiger partial charge in [0.1, 0.15) is 11.5 Å². The van der Waals surface area contributed by atoms with E-state index in [9.17, 15) is 0 Å². The van der Waals surface area contributed by atoms with Crippen LogP contribution in [0.2, 0.25) is 0 Å². The smallest absolute Gasteiger partial charge is 0.256 e. The largest absolute Gasteiger partial charge is 0.458 e. The monoisotopic (exact) mass is 766 g/mol. The van der Waals surface area contributed by atoms with Gasteiger partial charge < -0.3 is 19.9 Å². The van der Waals surface area contributed by atoms with Gasteiger partial charge in [-0.25, -0.2) is 0 Å². The third-order valence-corrected chi connectivity index (χ3v) is 11.5. The van der Waals surface area contributed by atoms with Gasteiger partial charge in [0.05, 0.1) is 5.69 Å². The quantitative estimate of drug-likeness (QED) is 0.148. The average molecular weight is 767 g/mol. The Balaban J connectivity index is 1.14. The van der Waals surface area contributed by atoms with Crippen LogP contribution in [0.3, 0.4) is 0 Å². The molecule has 9 aromatic carbocycles. The molecule has 0 amide bonds. The second-order valence-electron chi connectivity index (χ2n) is 15.2. The van der Waals surface area contributed by atoms with Crippen LogP contribution in [0.1, 0.15) is 0 Å². The lowest BCUT2D eigenvalue weighted by molar-refractivity contribution is 0.488. The second-order valence-corrected chi connectivity index (χ2v) is 15.2. The third kappa shape index (κ3) is 6.30. The first kappa shape index (κ1) is 35.5. The minimum absolute atomic E-state index is 0.0283. The molecular formula is C54H38B2N3O. The van der Waals surface area contributed by atoms with Gasteiger partial charge in [0.15, 0.2) is 7.28 Å². The number of hydrogen-bond acceptors (Lipinski definition) is 4. The lowest BCUT2D eigenvalue weighted by Crippen LogP contribution is -2.60. The zero-order chi connectivity index (χ0) is 39.8. The summed E-state index contributed by atoms with van der Waals surface area (Å²) in [4.78, 5) is 4.75.